The summed E-state index contributed by atoms with van der Waals surface area (Å²) >= 11 is 0. The molecule has 1 N–H and O–H groups in total. The maximum atomic E-state index is 12.2. The molecule has 1 aromatic carbocycles. The third-order valence-corrected chi connectivity index (χ3v) is 3.94. The van der Waals surface area contributed by atoms with E-state index in [2.05, 4.69) is 5.32 Å². The molecule has 4 nitrogen and oxygen atoms in total. The maximum absolute atomic E-state index is 12.2. The summed E-state index contributed by atoms with van der Waals surface area (Å²) < 4.78 is 10.4. The molecule has 0 aromatic heterocycles. The van der Waals surface area contributed by atoms with E-state index in [-0.39, 0.29) is 5.78 Å². The normalized spacial score (nSPS) is 15.9. The first kappa shape index (κ1) is 14.9. The summed E-state index contributed by atoms with van der Waals surface area (Å²) in [4.78, 5) is 12.2. The molecule has 0 unspecified atom stereocenters. The van der Waals surface area contributed by atoms with Crippen molar-refractivity contribution in [3.8, 4) is 11.5 Å². The Labute approximate surface area is 120 Å². The average Bonchev–Trinajstić information content (AvgIpc) is 2.52. The molecule has 1 aliphatic rings. The molecule has 0 radical (unpaired) electrons. The highest BCUT2D eigenvalue weighted by atomic mass is 16.5. The van der Waals surface area contributed by atoms with Crippen LogP contribution in [0.5, 0.6) is 11.5 Å². The Morgan fingerprint density at radius 1 is 1.20 bits per heavy atom. The molecule has 110 valence electrons. The van der Waals surface area contributed by atoms with Gasteiger partial charge in [-0.25, -0.2) is 0 Å². The Bertz CT molecular complexity index is 453. The second-order valence-electron chi connectivity index (χ2n) is 5.22. The van der Waals surface area contributed by atoms with Crippen molar-refractivity contribution in [1.82, 2.24) is 5.32 Å². The number of carbonyl (C=O) groups is 1. The predicted octanol–water partition coefficient (Wildman–Crippen LogP) is 2.67. The van der Waals surface area contributed by atoms with Crippen molar-refractivity contribution in [2.45, 2.75) is 25.7 Å². The van der Waals surface area contributed by atoms with Crippen molar-refractivity contribution in [2.75, 3.05) is 27.3 Å². The largest absolute Gasteiger partial charge is 0.493 e. The molecule has 1 saturated heterocycles. The van der Waals surface area contributed by atoms with Crippen LogP contribution >= 0.6 is 0 Å². The number of ether oxygens (including phenoxy) is 2. The fourth-order valence-electron chi connectivity index (χ4n) is 2.66. The Morgan fingerprint density at radius 2 is 1.90 bits per heavy atom. The quantitative estimate of drug-likeness (QED) is 0.812. The standard InChI is InChI=1S/C16H23NO3/c1-19-15-6-4-13(11-16(15)20-2)14(18)5-3-12-7-9-17-10-8-12/h4,6,11-12,17H,3,5,7-10H2,1-2H3. The number of benzene rings is 1. The minimum Gasteiger partial charge on any atom is -0.493 e. The van der Waals surface area contributed by atoms with Gasteiger partial charge in [-0.3, -0.25) is 4.79 Å². The summed E-state index contributed by atoms with van der Waals surface area (Å²) in [5.41, 5.74) is 0.705. The first-order chi connectivity index (χ1) is 9.74. The van der Waals surface area contributed by atoms with Gasteiger partial charge in [0.25, 0.3) is 0 Å². The van der Waals surface area contributed by atoms with Crippen molar-refractivity contribution in [2.24, 2.45) is 5.92 Å². The van der Waals surface area contributed by atoms with Crippen molar-refractivity contribution < 1.29 is 14.3 Å². The molecule has 0 aliphatic carbocycles. The van der Waals surface area contributed by atoms with E-state index in [0.29, 0.717) is 29.4 Å². The number of hydrogen-bond acceptors (Lipinski definition) is 4. The van der Waals surface area contributed by atoms with E-state index in [1.165, 1.54) is 12.8 Å². The van der Waals surface area contributed by atoms with Gasteiger partial charge in [-0.1, -0.05) is 0 Å². The van der Waals surface area contributed by atoms with Gasteiger partial charge in [0.15, 0.2) is 17.3 Å². The topological polar surface area (TPSA) is 47.6 Å². The highest BCUT2D eigenvalue weighted by Crippen LogP contribution is 2.28. The van der Waals surface area contributed by atoms with E-state index in [9.17, 15) is 4.79 Å². The summed E-state index contributed by atoms with van der Waals surface area (Å²) in [6, 6.07) is 5.37. The lowest BCUT2D eigenvalue weighted by Crippen LogP contribution is -2.27. The molecule has 0 bridgehead atoms. The highest BCUT2D eigenvalue weighted by Gasteiger charge is 2.16. The van der Waals surface area contributed by atoms with Gasteiger partial charge in [0.05, 0.1) is 14.2 Å². The van der Waals surface area contributed by atoms with E-state index >= 15 is 0 Å². The first-order valence-corrected chi connectivity index (χ1v) is 7.20. The zero-order valence-corrected chi connectivity index (χ0v) is 12.3. The summed E-state index contributed by atoms with van der Waals surface area (Å²) in [6.07, 6.45) is 3.95. The number of methoxy groups -OCH3 is 2. The van der Waals surface area contributed by atoms with Crippen LogP contribution in [0.25, 0.3) is 0 Å². The predicted molar refractivity (Wildman–Crippen MR) is 78.7 cm³/mol. The van der Waals surface area contributed by atoms with Crippen molar-refractivity contribution in [3.05, 3.63) is 23.8 Å². The summed E-state index contributed by atoms with van der Waals surface area (Å²) in [7, 11) is 3.18. The second-order valence-corrected chi connectivity index (χ2v) is 5.22. The minimum absolute atomic E-state index is 0.185. The molecular formula is C16H23NO3. The van der Waals surface area contributed by atoms with Gasteiger partial charge >= 0.3 is 0 Å². The maximum Gasteiger partial charge on any atom is 0.163 e. The Hall–Kier alpha value is -1.55. The van der Waals surface area contributed by atoms with Gasteiger partial charge in [0.1, 0.15) is 0 Å². The summed E-state index contributed by atoms with van der Waals surface area (Å²) in [5, 5.41) is 3.35. The van der Waals surface area contributed by atoms with Crippen LogP contribution < -0.4 is 14.8 Å². The number of nitrogens with one attached hydrogen (secondary N) is 1. The zero-order chi connectivity index (χ0) is 14.4. The van der Waals surface area contributed by atoms with Gasteiger partial charge in [-0.2, -0.15) is 0 Å². The molecule has 0 atom stereocenters. The smallest absolute Gasteiger partial charge is 0.163 e. The van der Waals surface area contributed by atoms with E-state index in [4.69, 9.17) is 9.47 Å². The summed E-state index contributed by atoms with van der Waals surface area (Å²) in [6.45, 7) is 2.16. The van der Waals surface area contributed by atoms with Crippen LogP contribution in [0.4, 0.5) is 0 Å². The molecule has 1 fully saturated rings. The van der Waals surface area contributed by atoms with E-state index in [1.807, 2.05) is 6.07 Å². The Morgan fingerprint density at radius 3 is 2.55 bits per heavy atom. The van der Waals surface area contributed by atoms with Crippen molar-refractivity contribution in [3.63, 3.8) is 0 Å². The van der Waals surface area contributed by atoms with Crippen LogP contribution in [-0.2, 0) is 0 Å². The molecule has 4 heteroatoms. The molecule has 20 heavy (non-hydrogen) atoms. The van der Waals surface area contributed by atoms with Crippen LogP contribution in [0.2, 0.25) is 0 Å². The van der Waals surface area contributed by atoms with Crippen LogP contribution in [0.1, 0.15) is 36.0 Å². The van der Waals surface area contributed by atoms with Crippen LogP contribution in [0.3, 0.4) is 0 Å². The van der Waals surface area contributed by atoms with E-state index in [1.54, 1.807) is 26.4 Å². The molecule has 0 amide bonds. The van der Waals surface area contributed by atoms with Gasteiger partial charge in [-0.05, 0) is 56.5 Å². The van der Waals surface area contributed by atoms with Crippen molar-refractivity contribution >= 4 is 5.78 Å². The third-order valence-electron chi connectivity index (χ3n) is 3.94. The second kappa shape index (κ2) is 7.29. The third kappa shape index (κ3) is 3.73. The molecule has 1 aromatic rings. The van der Waals surface area contributed by atoms with Gasteiger partial charge in [-0.15, -0.1) is 0 Å². The number of Topliss-reactive ketones (excluding diaryl/α,β-unsaturated/α-hetero) is 1. The average molecular weight is 277 g/mol. The number of rotatable bonds is 6. The van der Waals surface area contributed by atoms with Crippen molar-refractivity contribution in [1.29, 1.82) is 0 Å². The van der Waals surface area contributed by atoms with Gasteiger partial charge in [0, 0.05) is 12.0 Å². The molecule has 0 spiro atoms. The lowest BCUT2D eigenvalue weighted by atomic mass is 9.91. The van der Waals surface area contributed by atoms with E-state index in [0.717, 1.165) is 19.5 Å². The van der Waals surface area contributed by atoms with Crippen LogP contribution in [0.15, 0.2) is 18.2 Å². The fourth-order valence-corrected chi connectivity index (χ4v) is 2.66. The van der Waals surface area contributed by atoms with Crippen LogP contribution in [0, 0.1) is 5.92 Å². The minimum atomic E-state index is 0.185. The molecule has 1 heterocycles. The number of ketones is 1. The number of carbonyl (C=O) groups excluding carboxylic acids is 1. The first-order valence-electron chi connectivity index (χ1n) is 7.20. The van der Waals surface area contributed by atoms with Gasteiger partial charge < -0.3 is 14.8 Å². The fraction of sp³-hybridized carbons (Fsp3) is 0.562. The molecule has 0 saturated carbocycles. The van der Waals surface area contributed by atoms with Crippen LogP contribution in [-0.4, -0.2) is 33.1 Å². The Balaban J connectivity index is 1.94. The highest BCUT2D eigenvalue weighted by molar-refractivity contribution is 5.96. The lowest BCUT2D eigenvalue weighted by Gasteiger charge is -2.22. The molecule has 1 aliphatic heterocycles. The number of piperidine rings is 1. The lowest BCUT2D eigenvalue weighted by molar-refractivity contribution is 0.0970. The van der Waals surface area contributed by atoms with E-state index < -0.39 is 0 Å². The SMILES string of the molecule is COc1ccc(C(=O)CCC2CCNCC2)cc1OC. The monoisotopic (exact) mass is 277 g/mol. The Kier molecular flexibility index (Phi) is 5.41. The number of hydrogen-bond donors (Lipinski definition) is 1. The van der Waals surface area contributed by atoms with Gasteiger partial charge in [0.2, 0.25) is 0 Å². The summed E-state index contributed by atoms with van der Waals surface area (Å²) in [5.74, 6) is 2.13. The molecular weight excluding hydrogens is 254 g/mol. The zero-order valence-electron chi connectivity index (χ0n) is 12.3. The molecule has 2 rings (SSSR count).